The second-order valence-corrected chi connectivity index (χ2v) is 2.95. The first-order valence-electron chi connectivity index (χ1n) is 3.10. The largest absolute Gasteiger partial charge is 0.351 e. The number of carbonyl (C=O) groups excluding carboxylic acids is 1. The van der Waals surface area contributed by atoms with E-state index in [2.05, 4.69) is 11.9 Å². The molecule has 0 fully saturated rings. The van der Waals surface area contributed by atoms with Gasteiger partial charge in [-0.25, -0.2) is 0 Å². The molecule has 0 bridgehead atoms. The van der Waals surface area contributed by atoms with Gasteiger partial charge in [-0.2, -0.15) is 0 Å². The first-order chi connectivity index (χ1) is 4.54. The Morgan fingerprint density at radius 2 is 2.30 bits per heavy atom. The number of hydrogen-bond donors (Lipinski definition) is 1. The predicted molar refractivity (Wildman–Crippen MR) is 43.1 cm³/mol. The molecule has 0 saturated carbocycles. The van der Waals surface area contributed by atoms with Gasteiger partial charge < -0.3 is 5.32 Å². The van der Waals surface area contributed by atoms with Crippen LogP contribution < -0.4 is 5.32 Å². The van der Waals surface area contributed by atoms with Crippen LogP contribution in [-0.2, 0) is 4.79 Å². The van der Waals surface area contributed by atoms with E-state index in [0.717, 1.165) is 5.57 Å². The minimum Gasteiger partial charge on any atom is -0.351 e. The van der Waals surface area contributed by atoms with Gasteiger partial charge in [-0.1, -0.05) is 12.2 Å². The maximum absolute atomic E-state index is 10.8. The molecular formula is C7H12ClNO. The van der Waals surface area contributed by atoms with Gasteiger partial charge in [0.2, 0.25) is 5.91 Å². The Labute approximate surface area is 66.3 Å². The second kappa shape index (κ2) is 4.34. The van der Waals surface area contributed by atoms with E-state index in [1.165, 1.54) is 0 Å². The summed E-state index contributed by atoms with van der Waals surface area (Å²) in [5.41, 5.74) is 0.922. The van der Waals surface area contributed by atoms with E-state index in [4.69, 9.17) is 11.6 Å². The Bertz CT molecular complexity index is 143. The quantitative estimate of drug-likeness (QED) is 0.491. The van der Waals surface area contributed by atoms with Crippen LogP contribution in [0.15, 0.2) is 12.2 Å². The highest BCUT2D eigenvalue weighted by atomic mass is 35.5. The summed E-state index contributed by atoms with van der Waals surface area (Å²) in [4.78, 5) is 10.8. The molecule has 0 aliphatic carbocycles. The van der Waals surface area contributed by atoms with Gasteiger partial charge in [-0.3, -0.25) is 4.79 Å². The van der Waals surface area contributed by atoms with Gasteiger partial charge in [0.15, 0.2) is 0 Å². The van der Waals surface area contributed by atoms with Gasteiger partial charge in [0.05, 0.1) is 0 Å². The van der Waals surface area contributed by atoms with E-state index in [9.17, 15) is 4.79 Å². The number of amides is 1. The summed E-state index contributed by atoms with van der Waals surface area (Å²) in [6.45, 7) is 7.62. The van der Waals surface area contributed by atoms with Crippen molar-refractivity contribution < 1.29 is 4.79 Å². The smallest absolute Gasteiger partial charge is 0.238 e. The second-order valence-electron chi connectivity index (χ2n) is 2.29. The van der Waals surface area contributed by atoms with E-state index in [1.807, 2.05) is 6.92 Å². The molecule has 0 heterocycles. The van der Waals surface area contributed by atoms with E-state index >= 15 is 0 Å². The standard InChI is InChI=1S/C7H12ClNO/c1-5(2)4-9-7(10)6(3)8/h6H,1,4H2,2-3H3,(H,9,10). The molecule has 10 heavy (non-hydrogen) atoms. The van der Waals surface area contributed by atoms with Crippen LogP contribution in [0.25, 0.3) is 0 Å². The third kappa shape index (κ3) is 4.39. The summed E-state index contributed by atoms with van der Waals surface area (Å²) in [7, 11) is 0. The lowest BCUT2D eigenvalue weighted by molar-refractivity contribution is -0.120. The molecule has 1 amide bonds. The lowest BCUT2D eigenvalue weighted by Gasteiger charge is -2.04. The number of halogens is 1. The average molecular weight is 162 g/mol. The van der Waals surface area contributed by atoms with Crippen LogP contribution in [0.5, 0.6) is 0 Å². The summed E-state index contributed by atoms with van der Waals surface area (Å²) in [5.74, 6) is -0.148. The number of carbonyl (C=O) groups is 1. The van der Waals surface area contributed by atoms with E-state index in [1.54, 1.807) is 6.92 Å². The number of rotatable bonds is 3. The monoisotopic (exact) mass is 161 g/mol. The van der Waals surface area contributed by atoms with Crippen molar-refractivity contribution in [3.05, 3.63) is 12.2 Å². The van der Waals surface area contributed by atoms with E-state index < -0.39 is 5.38 Å². The Hall–Kier alpha value is -0.500. The van der Waals surface area contributed by atoms with Crippen molar-refractivity contribution in [1.29, 1.82) is 0 Å². The van der Waals surface area contributed by atoms with Gasteiger partial charge in [-0.15, -0.1) is 11.6 Å². The minimum absolute atomic E-state index is 0.148. The van der Waals surface area contributed by atoms with Crippen LogP contribution in [-0.4, -0.2) is 17.8 Å². The van der Waals surface area contributed by atoms with Crippen LogP contribution in [0.4, 0.5) is 0 Å². The number of hydrogen-bond acceptors (Lipinski definition) is 1. The molecule has 0 aliphatic rings. The molecule has 0 spiro atoms. The first-order valence-corrected chi connectivity index (χ1v) is 3.54. The normalized spacial score (nSPS) is 12.3. The first kappa shape index (κ1) is 9.50. The molecule has 1 N–H and O–H groups in total. The highest BCUT2D eigenvalue weighted by Crippen LogP contribution is 1.92. The van der Waals surface area contributed by atoms with Gasteiger partial charge in [0, 0.05) is 6.54 Å². The molecule has 3 heteroatoms. The van der Waals surface area contributed by atoms with Crippen LogP contribution in [0.3, 0.4) is 0 Å². The van der Waals surface area contributed by atoms with Gasteiger partial charge in [-0.05, 0) is 13.8 Å². The summed E-state index contributed by atoms with van der Waals surface area (Å²) in [5, 5.41) is 2.15. The Kier molecular flexibility index (Phi) is 4.12. The lowest BCUT2D eigenvalue weighted by Crippen LogP contribution is -2.30. The fraction of sp³-hybridized carbons (Fsp3) is 0.571. The van der Waals surface area contributed by atoms with Crippen LogP contribution in [0.2, 0.25) is 0 Å². The van der Waals surface area contributed by atoms with Crippen molar-refractivity contribution in [1.82, 2.24) is 5.32 Å². The van der Waals surface area contributed by atoms with Crippen LogP contribution >= 0.6 is 11.6 Å². The van der Waals surface area contributed by atoms with Crippen LogP contribution in [0.1, 0.15) is 13.8 Å². The van der Waals surface area contributed by atoms with Crippen molar-refractivity contribution in [3.8, 4) is 0 Å². The molecule has 2 nitrogen and oxygen atoms in total. The van der Waals surface area contributed by atoms with Gasteiger partial charge >= 0.3 is 0 Å². The van der Waals surface area contributed by atoms with Gasteiger partial charge in [0.1, 0.15) is 5.38 Å². The number of alkyl halides is 1. The third-order valence-corrected chi connectivity index (χ3v) is 1.12. The van der Waals surface area contributed by atoms with Crippen molar-refractivity contribution in [2.24, 2.45) is 0 Å². The zero-order valence-corrected chi connectivity index (χ0v) is 7.03. The maximum atomic E-state index is 10.8. The summed E-state index contributed by atoms with van der Waals surface area (Å²) in [6, 6.07) is 0. The van der Waals surface area contributed by atoms with Crippen molar-refractivity contribution in [2.75, 3.05) is 6.54 Å². The Balaban J connectivity index is 3.50. The topological polar surface area (TPSA) is 29.1 Å². The zero-order valence-electron chi connectivity index (χ0n) is 6.28. The minimum atomic E-state index is -0.459. The van der Waals surface area contributed by atoms with Crippen molar-refractivity contribution in [3.63, 3.8) is 0 Å². The van der Waals surface area contributed by atoms with Gasteiger partial charge in [0.25, 0.3) is 0 Å². The summed E-state index contributed by atoms with van der Waals surface area (Å²) < 4.78 is 0. The molecule has 1 unspecified atom stereocenters. The molecule has 0 aromatic carbocycles. The van der Waals surface area contributed by atoms with E-state index in [-0.39, 0.29) is 5.91 Å². The highest BCUT2D eigenvalue weighted by Gasteiger charge is 2.06. The summed E-state index contributed by atoms with van der Waals surface area (Å²) >= 11 is 5.47. The lowest BCUT2D eigenvalue weighted by atomic mass is 10.3. The molecule has 0 aromatic heterocycles. The van der Waals surface area contributed by atoms with Crippen molar-refractivity contribution in [2.45, 2.75) is 19.2 Å². The molecule has 0 rings (SSSR count). The third-order valence-electron chi connectivity index (χ3n) is 0.926. The highest BCUT2D eigenvalue weighted by molar-refractivity contribution is 6.30. The van der Waals surface area contributed by atoms with Crippen LogP contribution in [0, 0.1) is 0 Å². The Morgan fingerprint density at radius 1 is 1.80 bits per heavy atom. The molecular weight excluding hydrogens is 150 g/mol. The molecule has 1 atom stereocenters. The predicted octanol–water partition coefficient (Wildman–Crippen LogP) is 1.31. The Morgan fingerprint density at radius 3 is 2.60 bits per heavy atom. The fourth-order valence-electron chi connectivity index (χ4n) is 0.379. The number of nitrogens with one attached hydrogen (secondary N) is 1. The molecule has 58 valence electrons. The fourth-order valence-corrected chi connectivity index (χ4v) is 0.456. The molecule has 0 saturated heterocycles. The molecule has 0 aromatic rings. The zero-order chi connectivity index (χ0) is 8.15. The summed E-state index contributed by atoms with van der Waals surface area (Å²) in [6.07, 6.45) is 0. The molecule has 0 aliphatic heterocycles. The molecule has 0 radical (unpaired) electrons. The average Bonchev–Trinajstić information content (AvgIpc) is 1.82. The SMILES string of the molecule is C=C(C)CNC(=O)C(C)Cl. The van der Waals surface area contributed by atoms with Crippen molar-refractivity contribution >= 4 is 17.5 Å². The van der Waals surface area contributed by atoms with E-state index in [0.29, 0.717) is 6.54 Å². The maximum Gasteiger partial charge on any atom is 0.238 e.